The highest BCUT2D eigenvalue weighted by molar-refractivity contribution is 5.27. The van der Waals surface area contributed by atoms with Gasteiger partial charge in [-0.15, -0.1) is 0 Å². The third-order valence-electron chi connectivity index (χ3n) is 3.36. The first-order valence-electron chi connectivity index (χ1n) is 6.51. The van der Waals surface area contributed by atoms with Crippen LogP contribution in [0.3, 0.4) is 0 Å². The number of aryl methyl sites for hydroxylation is 1. The van der Waals surface area contributed by atoms with Crippen LogP contribution in [-0.2, 0) is 11.3 Å². The molecule has 0 radical (unpaired) electrons. The molecule has 0 spiro atoms. The normalized spacial score (nSPS) is 18.8. The van der Waals surface area contributed by atoms with Crippen molar-refractivity contribution in [2.45, 2.75) is 31.9 Å². The Morgan fingerprint density at radius 2 is 2.21 bits per heavy atom. The van der Waals surface area contributed by atoms with Crippen molar-refractivity contribution in [3.8, 4) is 5.69 Å². The van der Waals surface area contributed by atoms with Crippen molar-refractivity contribution < 1.29 is 4.74 Å². The van der Waals surface area contributed by atoms with Gasteiger partial charge in [0.25, 0.3) is 0 Å². The number of pyridine rings is 1. The maximum atomic E-state index is 12.2. The number of nitrogens with zero attached hydrogens (tertiary/aromatic N) is 4. The number of hydrogen-bond donors (Lipinski definition) is 0. The first kappa shape index (κ1) is 12.1. The largest absolute Gasteiger partial charge is 0.378 e. The zero-order valence-corrected chi connectivity index (χ0v) is 10.6. The molecule has 1 aliphatic heterocycles. The summed E-state index contributed by atoms with van der Waals surface area (Å²) in [5.41, 5.74) is 0.660. The molecule has 1 fully saturated rings. The molecule has 0 bridgehead atoms. The summed E-state index contributed by atoms with van der Waals surface area (Å²) >= 11 is 0. The summed E-state index contributed by atoms with van der Waals surface area (Å²) in [6.45, 7) is 1.44. The fourth-order valence-electron chi connectivity index (χ4n) is 2.31. The molecule has 0 amide bonds. The first-order chi connectivity index (χ1) is 9.34. The van der Waals surface area contributed by atoms with Gasteiger partial charge in [0.2, 0.25) is 0 Å². The molecule has 0 unspecified atom stereocenters. The molecule has 0 aromatic carbocycles. The van der Waals surface area contributed by atoms with E-state index in [0.717, 1.165) is 31.6 Å². The number of aromatic nitrogens is 4. The van der Waals surface area contributed by atoms with E-state index in [1.807, 2.05) is 0 Å². The minimum Gasteiger partial charge on any atom is -0.378 e. The summed E-state index contributed by atoms with van der Waals surface area (Å²) in [6, 6.07) is 3.57. The molecule has 3 rings (SSSR count). The average Bonchev–Trinajstić information content (AvgIpc) is 3.07. The highest BCUT2D eigenvalue weighted by Gasteiger charge is 2.16. The second-order valence-corrected chi connectivity index (χ2v) is 4.64. The molecule has 1 saturated heterocycles. The van der Waals surface area contributed by atoms with Crippen LogP contribution in [0.1, 0.15) is 19.3 Å². The molecule has 0 aliphatic carbocycles. The van der Waals surface area contributed by atoms with E-state index < -0.39 is 0 Å². The van der Waals surface area contributed by atoms with Crippen molar-refractivity contribution in [1.29, 1.82) is 0 Å². The highest BCUT2D eigenvalue weighted by atomic mass is 16.5. The van der Waals surface area contributed by atoms with Gasteiger partial charge < -0.3 is 4.74 Å². The Morgan fingerprint density at radius 1 is 1.37 bits per heavy atom. The van der Waals surface area contributed by atoms with Crippen LogP contribution in [0.5, 0.6) is 0 Å². The molecule has 19 heavy (non-hydrogen) atoms. The molecule has 3 heterocycles. The number of rotatable bonds is 4. The summed E-state index contributed by atoms with van der Waals surface area (Å²) in [7, 11) is 0. The Balaban J connectivity index is 1.74. The summed E-state index contributed by atoms with van der Waals surface area (Å²) < 4.78 is 8.56. The molecule has 100 valence electrons. The van der Waals surface area contributed by atoms with Gasteiger partial charge in [-0.25, -0.2) is 14.0 Å². The van der Waals surface area contributed by atoms with Crippen LogP contribution in [-0.4, -0.2) is 32.0 Å². The fraction of sp³-hybridized carbons (Fsp3) is 0.462. The third kappa shape index (κ3) is 2.58. The molecule has 2 aromatic heterocycles. The highest BCUT2D eigenvalue weighted by Crippen LogP contribution is 2.15. The topological polar surface area (TPSA) is 61.9 Å². The van der Waals surface area contributed by atoms with Crippen LogP contribution < -0.4 is 5.69 Å². The van der Waals surface area contributed by atoms with E-state index in [-0.39, 0.29) is 11.8 Å². The maximum absolute atomic E-state index is 12.2. The second kappa shape index (κ2) is 5.36. The summed E-state index contributed by atoms with van der Waals surface area (Å²) in [6.07, 6.45) is 8.18. The molecule has 1 aliphatic rings. The minimum absolute atomic E-state index is 0.121. The second-order valence-electron chi connectivity index (χ2n) is 4.64. The lowest BCUT2D eigenvalue weighted by Crippen LogP contribution is -2.25. The van der Waals surface area contributed by atoms with E-state index >= 15 is 0 Å². The van der Waals surface area contributed by atoms with E-state index in [4.69, 9.17) is 4.74 Å². The zero-order chi connectivity index (χ0) is 13.1. The van der Waals surface area contributed by atoms with Crippen molar-refractivity contribution in [3.05, 3.63) is 41.3 Å². The Morgan fingerprint density at radius 3 is 2.95 bits per heavy atom. The van der Waals surface area contributed by atoms with Crippen LogP contribution in [0.2, 0.25) is 0 Å². The van der Waals surface area contributed by atoms with E-state index in [2.05, 4.69) is 10.1 Å². The van der Waals surface area contributed by atoms with Gasteiger partial charge in [0.1, 0.15) is 6.33 Å². The monoisotopic (exact) mass is 260 g/mol. The molecule has 6 heteroatoms. The lowest BCUT2D eigenvalue weighted by molar-refractivity contribution is 0.0991. The van der Waals surface area contributed by atoms with Crippen LogP contribution >= 0.6 is 0 Å². The van der Waals surface area contributed by atoms with Gasteiger partial charge >= 0.3 is 5.69 Å². The van der Waals surface area contributed by atoms with Crippen molar-refractivity contribution in [2.75, 3.05) is 6.61 Å². The number of ether oxygens (including phenoxy) is 1. The summed E-state index contributed by atoms with van der Waals surface area (Å²) in [4.78, 5) is 16.1. The van der Waals surface area contributed by atoms with Crippen molar-refractivity contribution in [1.82, 2.24) is 19.3 Å². The third-order valence-corrected chi connectivity index (χ3v) is 3.36. The van der Waals surface area contributed by atoms with E-state index in [1.54, 1.807) is 30.9 Å². The van der Waals surface area contributed by atoms with Crippen LogP contribution in [0, 0.1) is 0 Å². The van der Waals surface area contributed by atoms with Crippen LogP contribution in [0.15, 0.2) is 35.6 Å². The Hall–Kier alpha value is -1.95. The summed E-state index contributed by atoms with van der Waals surface area (Å²) in [5, 5.41) is 4.14. The summed E-state index contributed by atoms with van der Waals surface area (Å²) in [5.74, 6) is 0. The molecular formula is C13H16N4O2. The molecule has 0 saturated carbocycles. The quantitative estimate of drug-likeness (QED) is 0.822. The van der Waals surface area contributed by atoms with Crippen molar-refractivity contribution in [2.24, 2.45) is 0 Å². The maximum Gasteiger partial charge on any atom is 0.350 e. The molecular weight excluding hydrogens is 244 g/mol. The van der Waals surface area contributed by atoms with Gasteiger partial charge in [0.05, 0.1) is 11.8 Å². The number of hydrogen-bond acceptors (Lipinski definition) is 4. The molecule has 6 nitrogen and oxygen atoms in total. The molecule has 2 aromatic rings. The van der Waals surface area contributed by atoms with Gasteiger partial charge in [-0.05, 0) is 31.4 Å². The smallest absolute Gasteiger partial charge is 0.350 e. The Labute approximate surface area is 110 Å². The van der Waals surface area contributed by atoms with E-state index in [0.29, 0.717) is 6.54 Å². The van der Waals surface area contributed by atoms with Crippen molar-refractivity contribution in [3.63, 3.8) is 0 Å². The van der Waals surface area contributed by atoms with Gasteiger partial charge in [-0.3, -0.25) is 4.98 Å². The van der Waals surface area contributed by atoms with Crippen LogP contribution in [0.25, 0.3) is 5.69 Å². The first-order valence-corrected chi connectivity index (χ1v) is 6.51. The van der Waals surface area contributed by atoms with Gasteiger partial charge in [-0.1, -0.05) is 0 Å². The van der Waals surface area contributed by atoms with Crippen LogP contribution in [0.4, 0.5) is 0 Å². The Bertz CT molecular complexity index is 584. The van der Waals surface area contributed by atoms with Gasteiger partial charge in [-0.2, -0.15) is 5.10 Å². The lowest BCUT2D eigenvalue weighted by atomic mass is 10.2. The predicted molar refractivity (Wildman–Crippen MR) is 69.2 cm³/mol. The Kier molecular flexibility index (Phi) is 3.41. The molecule has 1 atom stereocenters. The van der Waals surface area contributed by atoms with Gasteiger partial charge in [0, 0.05) is 25.5 Å². The fourth-order valence-corrected chi connectivity index (χ4v) is 2.31. The molecule has 0 N–H and O–H groups in total. The zero-order valence-electron chi connectivity index (χ0n) is 10.6. The van der Waals surface area contributed by atoms with E-state index in [9.17, 15) is 4.79 Å². The lowest BCUT2D eigenvalue weighted by Gasteiger charge is -2.07. The minimum atomic E-state index is -0.121. The van der Waals surface area contributed by atoms with Crippen molar-refractivity contribution >= 4 is 0 Å². The predicted octanol–water partition coefficient (Wildman–Crippen LogP) is 0.998. The average molecular weight is 260 g/mol. The van der Waals surface area contributed by atoms with E-state index in [1.165, 1.54) is 9.25 Å². The standard InChI is InChI=1S/C13H16N4O2/c18-13-16(11-3-6-14-7-4-11)10-15-17(13)8-5-12-2-1-9-19-12/h3-4,6-7,10,12H,1-2,5,8-9H2/t12-/m1/s1. The SMILES string of the molecule is O=c1n(-c2ccncc2)cnn1CC[C@H]1CCCO1. The van der Waals surface area contributed by atoms with Gasteiger partial charge in [0.15, 0.2) is 0 Å².